The summed E-state index contributed by atoms with van der Waals surface area (Å²) in [5.41, 5.74) is 1.98. The molecule has 0 radical (unpaired) electrons. The van der Waals surface area contributed by atoms with Gasteiger partial charge in [-0.1, -0.05) is 76.1 Å². The number of rotatable bonds is 19. The molecule has 0 aliphatic carbocycles. The minimum Gasteiger partial charge on any atom is -0.481 e. The number of amides is 3. The van der Waals surface area contributed by atoms with E-state index in [2.05, 4.69) is 27.1 Å². The van der Waals surface area contributed by atoms with E-state index >= 15 is 0 Å². The predicted octanol–water partition coefficient (Wildman–Crippen LogP) is 5.48. The summed E-state index contributed by atoms with van der Waals surface area (Å²) in [7, 11) is 3.70. The van der Waals surface area contributed by atoms with Crippen molar-refractivity contribution in [3.05, 3.63) is 64.1 Å². The molecule has 7 atom stereocenters. The first kappa shape index (κ1) is 40.8. The van der Waals surface area contributed by atoms with Crippen molar-refractivity contribution in [2.45, 2.75) is 110 Å². The molecule has 3 amide bonds. The zero-order valence-corrected chi connectivity index (χ0v) is 31.6. The Morgan fingerprint density at radius 3 is 2.42 bits per heavy atom. The second-order valence-corrected chi connectivity index (χ2v) is 14.7. The molecule has 276 valence electrons. The van der Waals surface area contributed by atoms with Crippen LogP contribution in [0.2, 0.25) is 0 Å². The Bertz CT molecular complexity index is 1430. The van der Waals surface area contributed by atoms with Crippen LogP contribution in [0.3, 0.4) is 0 Å². The van der Waals surface area contributed by atoms with Crippen molar-refractivity contribution in [3.8, 4) is 0 Å². The Hall–Kier alpha value is -3.61. The van der Waals surface area contributed by atoms with E-state index in [1.165, 1.54) is 11.3 Å². The van der Waals surface area contributed by atoms with Gasteiger partial charge in [0.15, 0.2) is 0 Å². The Labute approximate surface area is 301 Å². The number of aliphatic carboxylic acids is 1. The summed E-state index contributed by atoms with van der Waals surface area (Å²) in [5.74, 6) is -2.33. The van der Waals surface area contributed by atoms with Crippen LogP contribution in [0.5, 0.6) is 0 Å². The van der Waals surface area contributed by atoms with Crippen LogP contribution in [-0.4, -0.2) is 95.0 Å². The highest BCUT2D eigenvalue weighted by Gasteiger charge is 2.36. The number of nitrogens with zero attached hydrogens (tertiary/aromatic N) is 3. The molecule has 3 rings (SSSR count). The van der Waals surface area contributed by atoms with Crippen LogP contribution in [0.15, 0.2) is 47.9 Å². The lowest BCUT2D eigenvalue weighted by molar-refractivity contribution is -0.141. The van der Waals surface area contributed by atoms with Gasteiger partial charge in [-0.25, -0.2) is 4.98 Å². The van der Waals surface area contributed by atoms with E-state index in [1.54, 1.807) is 24.3 Å². The van der Waals surface area contributed by atoms with Crippen molar-refractivity contribution in [3.63, 3.8) is 0 Å². The van der Waals surface area contributed by atoms with Crippen LogP contribution in [0.1, 0.15) is 100 Å². The molecule has 0 saturated carbocycles. The zero-order valence-electron chi connectivity index (χ0n) is 30.8. The van der Waals surface area contributed by atoms with Crippen LogP contribution in [0.4, 0.5) is 0 Å². The molecule has 0 unspecified atom stereocenters. The Kier molecular flexibility index (Phi) is 16.1. The van der Waals surface area contributed by atoms with E-state index in [4.69, 9.17) is 4.74 Å². The number of hydrogen-bond donors (Lipinski definition) is 3. The lowest BCUT2D eigenvalue weighted by atomic mass is 9.94. The number of carboxylic acid groups (broad SMARTS) is 1. The maximum Gasteiger partial charge on any atom is 0.306 e. The molecule has 1 aromatic carbocycles. The summed E-state index contributed by atoms with van der Waals surface area (Å²) in [6.45, 7) is 14.8. The van der Waals surface area contributed by atoms with E-state index in [0.717, 1.165) is 43.4 Å². The van der Waals surface area contributed by atoms with E-state index in [1.807, 2.05) is 65.1 Å². The summed E-state index contributed by atoms with van der Waals surface area (Å²) < 4.78 is 6.15. The molecular weight excluding hydrogens is 655 g/mol. The monoisotopic (exact) mass is 711 g/mol. The molecule has 0 spiro atoms. The number of nitrogens with one attached hydrogen (secondary N) is 2. The average Bonchev–Trinajstić information content (AvgIpc) is 3.59. The molecule has 1 saturated heterocycles. The maximum absolute atomic E-state index is 14.1. The number of aromatic nitrogens is 1. The van der Waals surface area contributed by atoms with Gasteiger partial charge in [-0.15, -0.1) is 11.3 Å². The number of benzene rings is 1. The van der Waals surface area contributed by atoms with Gasteiger partial charge in [-0.05, 0) is 64.6 Å². The number of carbonyl (C=O) groups is 4. The normalized spacial score (nSPS) is 18.6. The molecule has 1 fully saturated rings. The molecule has 1 aliphatic heterocycles. The summed E-state index contributed by atoms with van der Waals surface area (Å²) >= 11 is 1.30. The van der Waals surface area contributed by atoms with Gasteiger partial charge in [0.1, 0.15) is 22.8 Å². The Morgan fingerprint density at radius 2 is 1.82 bits per heavy atom. The van der Waals surface area contributed by atoms with Crippen LogP contribution in [0, 0.1) is 11.8 Å². The summed E-state index contributed by atoms with van der Waals surface area (Å²) in [4.78, 5) is 61.0. The van der Waals surface area contributed by atoms with Crippen molar-refractivity contribution < 1.29 is 29.0 Å². The van der Waals surface area contributed by atoms with E-state index < -0.39 is 36.1 Å². The minimum absolute atomic E-state index is 0.0829. The number of hydrogen-bond acceptors (Lipinski definition) is 8. The van der Waals surface area contributed by atoms with Gasteiger partial charge in [-0.2, -0.15) is 0 Å². The first-order valence-electron chi connectivity index (χ1n) is 17.8. The van der Waals surface area contributed by atoms with Gasteiger partial charge >= 0.3 is 5.97 Å². The minimum atomic E-state index is -0.919. The van der Waals surface area contributed by atoms with E-state index in [9.17, 15) is 24.3 Å². The largest absolute Gasteiger partial charge is 0.481 e. The molecule has 2 heterocycles. The second kappa shape index (κ2) is 19.7. The molecule has 3 N–H and O–H groups in total. The Balaban J connectivity index is 1.78. The summed E-state index contributed by atoms with van der Waals surface area (Å²) in [6, 6.07) is 7.86. The van der Waals surface area contributed by atoms with E-state index in [0.29, 0.717) is 24.5 Å². The molecule has 12 heteroatoms. The third kappa shape index (κ3) is 11.5. The quantitative estimate of drug-likeness (QED) is 0.163. The summed E-state index contributed by atoms with van der Waals surface area (Å²) in [5, 5.41) is 17.9. The van der Waals surface area contributed by atoms with Crippen molar-refractivity contribution >= 4 is 35.0 Å². The van der Waals surface area contributed by atoms with Crippen molar-refractivity contribution in [1.82, 2.24) is 25.4 Å². The standard InChI is InChI=1S/C38H57N5O6S/c1-9-25(5)33(41-35(45)30-18-14-15-19-42(30)7)37(46)43(8)31(24(3)4)22-32(49-10-2)36-40-29(23-50-36)34(44)39-28(20-26(6)38(47)48)21-27-16-12-11-13-17-27/h11-13,16-17,23,25-26,28,30-33H,3,9-10,14-15,18-22H2,1-2,4-8H3,(H,39,44)(H,41,45)(H,47,48)/t25-,26-,28+,30+,31+,32+,33-/m0/s1. The molecule has 2 aromatic rings. The molecule has 11 nitrogen and oxygen atoms in total. The fourth-order valence-electron chi connectivity index (χ4n) is 6.46. The summed E-state index contributed by atoms with van der Waals surface area (Å²) in [6.07, 6.45) is 4.12. The number of piperidine rings is 1. The fourth-order valence-corrected chi connectivity index (χ4v) is 7.32. The number of carbonyl (C=O) groups excluding carboxylic acids is 3. The van der Waals surface area contributed by atoms with Crippen LogP contribution < -0.4 is 10.6 Å². The molecular formula is C38H57N5O6S. The van der Waals surface area contributed by atoms with Gasteiger partial charge in [0.25, 0.3) is 5.91 Å². The lowest BCUT2D eigenvalue weighted by Crippen LogP contribution is -2.57. The highest BCUT2D eigenvalue weighted by atomic mass is 32.1. The van der Waals surface area contributed by atoms with Gasteiger partial charge in [-0.3, -0.25) is 24.1 Å². The van der Waals surface area contributed by atoms with Crippen molar-refractivity contribution in [2.75, 3.05) is 27.2 Å². The number of likely N-dealkylation sites (N-methyl/N-ethyl adjacent to an activating group) is 2. The molecule has 1 aromatic heterocycles. The molecule has 1 aliphatic rings. The topological polar surface area (TPSA) is 141 Å². The average molecular weight is 712 g/mol. The molecule has 0 bridgehead atoms. The van der Waals surface area contributed by atoms with Crippen LogP contribution >= 0.6 is 11.3 Å². The van der Waals surface area contributed by atoms with Gasteiger partial charge in [0, 0.05) is 31.5 Å². The molecule has 50 heavy (non-hydrogen) atoms. The number of thiazole rings is 1. The highest BCUT2D eigenvalue weighted by molar-refractivity contribution is 7.09. The third-order valence-electron chi connectivity index (χ3n) is 9.79. The smallest absolute Gasteiger partial charge is 0.306 e. The number of carboxylic acids is 1. The number of likely N-dealkylation sites (tertiary alicyclic amines) is 1. The zero-order chi connectivity index (χ0) is 37.0. The maximum atomic E-state index is 14.1. The second-order valence-electron chi connectivity index (χ2n) is 13.8. The van der Waals surface area contributed by atoms with Crippen molar-refractivity contribution in [1.29, 1.82) is 0 Å². The fraction of sp³-hybridized carbons (Fsp3) is 0.605. The van der Waals surface area contributed by atoms with E-state index in [-0.39, 0.29) is 41.8 Å². The van der Waals surface area contributed by atoms with Gasteiger partial charge in [0.05, 0.1) is 18.0 Å². The van der Waals surface area contributed by atoms with Crippen molar-refractivity contribution in [2.24, 2.45) is 11.8 Å². The highest BCUT2D eigenvalue weighted by Crippen LogP contribution is 2.30. The predicted molar refractivity (Wildman–Crippen MR) is 197 cm³/mol. The SMILES string of the molecule is C=C(C)[C@@H](C[C@@H](OCC)c1nc(C(=O)N[C@@H](Cc2ccccc2)C[C@H](C)C(=O)O)cs1)N(C)C(=O)[C@@H](NC(=O)[C@H]1CCCCN1C)[C@@H](C)CC. The Morgan fingerprint density at radius 1 is 1.12 bits per heavy atom. The first-order valence-corrected chi connectivity index (χ1v) is 18.7. The van der Waals surface area contributed by atoms with Gasteiger partial charge < -0.3 is 25.4 Å². The van der Waals surface area contributed by atoms with Crippen LogP contribution in [-0.2, 0) is 25.5 Å². The van der Waals surface area contributed by atoms with Crippen LogP contribution in [0.25, 0.3) is 0 Å². The number of ether oxygens (including phenoxy) is 1. The lowest BCUT2D eigenvalue weighted by Gasteiger charge is -2.37. The van der Waals surface area contributed by atoms with Gasteiger partial charge in [0.2, 0.25) is 11.8 Å². The first-order chi connectivity index (χ1) is 23.8. The third-order valence-corrected chi connectivity index (χ3v) is 10.7.